The first kappa shape index (κ1) is 23.1. The smallest absolute Gasteiger partial charge is 0.256 e. The van der Waals surface area contributed by atoms with Crippen LogP contribution in [0.15, 0.2) is 77.6 Å². The predicted octanol–water partition coefficient (Wildman–Crippen LogP) is 5.13. The molecule has 0 saturated carbocycles. The molecule has 0 saturated heterocycles. The number of ether oxygens (including phenoxy) is 1. The molecule has 6 nitrogen and oxygen atoms in total. The molecule has 1 amide bonds. The molecule has 174 valence electrons. The normalized spacial score (nSPS) is 10.8. The maximum atomic E-state index is 13.4. The maximum absolute atomic E-state index is 13.4. The molecule has 0 fully saturated rings. The van der Waals surface area contributed by atoms with Crippen molar-refractivity contribution in [1.82, 2.24) is 4.57 Å². The van der Waals surface area contributed by atoms with E-state index in [0.717, 1.165) is 23.1 Å². The molecule has 1 aromatic heterocycles. The fourth-order valence-corrected chi connectivity index (χ4v) is 3.94. The number of nitrogens with zero attached hydrogens (tertiary/aromatic N) is 1. The van der Waals surface area contributed by atoms with Crippen LogP contribution in [-0.2, 0) is 24.3 Å². The van der Waals surface area contributed by atoms with Gasteiger partial charge in [-0.2, -0.15) is 0 Å². The van der Waals surface area contributed by atoms with Gasteiger partial charge in [0.25, 0.3) is 5.56 Å². The summed E-state index contributed by atoms with van der Waals surface area (Å²) < 4.78 is 6.87. The Morgan fingerprint density at radius 3 is 2.47 bits per heavy atom. The molecule has 4 aromatic rings. The second-order valence-electron chi connectivity index (χ2n) is 8.31. The zero-order chi connectivity index (χ0) is 24.1. The third-order valence-corrected chi connectivity index (χ3v) is 5.83. The van der Waals surface area contributed by atoms with Gasteiger partial charge in [0.1, 0.15) is 12.3 Å². The minimum Gasteiger partial charge on any atom is -0.497 e. The van der Waals surface area contributed by atoms with Gasteiger partial charge in [-0.3, -0.25) is 14.2 Å². The SMILES string of the molecule is CCc1ccc(NCc2cc3ccc(OC)cc3n(CC(=O)Nc3cccc(C)c3)c2=O)cc1. The molecule has 1 heterocycles. The summed E-state index contributed by atoms with van der Waals surface area (Å²) in [5, 5.41) is 7.09. The number of hydrogen-bond acceptors (Lipinski definition) is 4. The minimum atomic E-state index is -0.267. The molecule has 0 aliphatic rings. The maximum Gasteiger partial charge on any atom is 0.256 e. The van der Waals surface area contributed by atoms with Crippen LogP contribution in [0.3, 0.4) is 0 Å². The molecule has 6 heteroatoms. The van der Waals surface area contributed by atoms with Crippen LogP contribution in [0.1, 0.15) is 23.6 Å². The number of aryl methyl sites for hydroxylation is 2. The Morgan fingerprint density at radius 1 is 0.971 bits per heavy atom. The van der Waals surface area contributed by atoms with Crippen LogP contribution < -0.4 is 20.9 Å². The van der Waals surface area contributed by atoms with Crippen LogP contribution in [0.2, 0.25) is 0 Å². The van der Waals surface area contributed by atoms with E-state index in [9.17, 15) is 9.59 Å². The van der Waals surface area contributed by atoms with Crippen molar-refractivity contribution in [3.63, 3.8) is 0 Å². The molecule has 0 unspecified atom stereocenters. The van der Waals surface area contributed by atoms with Crippen LogP contribution >= 0.6 is 0 Å². The molecular weight excluding hydrogens is 426 g/mol. The molecule has 0 aliphatic carbocycles. The van der Waals surface area contributed by atoms with Crippen LogP contribution in [0.5, 0.6) is 5.75 Å². The molecule has 3 aromatic carbocycles. The molecule has 0 bridgehead atoms. The van der Waals surface area contributed by atoms with Crippen molar-refractivity contribution >= 4 is 28.2 Å². The highest BCUT2D eigenvalue weighted by Crippen LogP contribution is 2.21. The summed E-state index contributed by atoms with van der Waals surface area (Å²) in [6.45, 7) is 4.33. The lowest BCUT2D eigenvalue weighted by Crippen LogP contribution is -2.30. The number of methoxy groups -OCH3 is 1. The van der Waals surface area contributed by atoms with E-state index in [0.29, 0.717) is 29.1 Å². The Bertz CT molecular complexity index is 1370. The fraction of sp³-hybridized carbons (Fsp3) is 0.214. The van der Waals surface area contributed by atoms with E-state index in [2.05, 4.69) is 29.7 Å². The second kappa shape index (κ2) is 10.3. The van der Waals surface area contributed by atoms with Crippen LogP contribution in [-0.4, -0.2) is 17.6 Å². The van der Waals surface area contributed by atoms with Crippen molar-refractivity contribution in [1.29, 1.82) is 0 Å². The van der Waals surface area contributed by atoms with Crippen molar-refractivity contribution in [3.05, 3.63) is 99.8 Å². The number of hydrogen-bond donors (Lipinski definition) is 2. The summed E-state index contributed by atoms with van der Waals surface area (Å²) >= 11 is 0. The largest absolute Gasteiger partial charge is 0.497 e. The predicted molar refractivity (Wildman–Crippen MR) is 138 cm³/mol. The molecule has 34 heavy (non-hydrogen) atoms. The molecule has 4 rings (SSSR count). The van der Waals surface area contributed by atoms with Gasteiger partial charge >= 0.3 is 0 Å². The topological polar surface area (TPSA) is 72.4 Å². The van der Waals surface area contributed by atoms with Crippen molar-refractivity contribution in [2.24, 2.45) is 0 Å². The van der Waals surface area contributed by atoms with E-state index in [4.69, 9.17) is 4.74 Å². The zero-order valence-corrected chi connectivity index (χ0v) is 19.7. The Labute approximate surface area is 199 Å². The van der Waals surface area contributed by atoms with Gasteiger partial charge < -0.3 is 15.4 Å². The second-order valence-corrected chi connectivity index (χ2v) is 8.31. The van der Waals surface area contributed by atoms with E-state index in [-0.39, 0.29) is 18.0 Å². The van der Waals surface area contributed by atoms with Crippen LogP contribution in [0.4, 0.5) is 11.4 Å². The van der Waals surface area contributed by atoms with E-state index in [1.807, 2.05) is 61.5 Å². The molecule has 2 N–H and O–H groups in total. The number of aromatic nitrogens is 1. The highest BCUT2D eigenvalue weighted by atomic mass is 16.5. The number of fused-ring (bicyclic) bond motifs is 1. The summed E-state index contributed by atoms with van der Waals surface area (Å²) in [5.74, 6) is 0.360. The fourth-order valence-electron chi connectivity index (χ4n) is 3.94. The summed E-state index contributed by atoms with van der Waals surface area (Å²) in [5.41, 5.74) is 4.97. The van der Waals surface area contributed by atoms with Gasteiger partial charge in [0.05, 0.1) is 12.6 Å². The lowest BCUT2D eigenvalue weighted by molar-refractivity contribution is -0.116. The van der Waals surface area contributed by atoms with Crippen LogP contribution in [0.25, 0.3) is 10.9 Å². The lowest BCUT2D eigenvalue weighted by Gasteiger charge is -2.15. The van der Waals surface area contributed by atoms with E-state index in [1.165, 1.54) is 10.1 Å². The zero-order valence-electron chi connectivity index (χ0n) is 19.7. The average molecular weight is 456 g/mol. The number of carbonyl (C=O) groups is 1. The van der Waals surface area contributed by atoms with Crippen molar-refractivity contribution in [2.75, 3.05) is 17.7 Å². The number of rotatable bonds is 8. The number of amides is 1. The Balaban J connectivity index is 1.65. The number of anilines is 2. The first-order valence-electron chi connectivity index (χ1n) is 11.4. The Hall–Kier alpha value is -4.06. The summed E-state index contributed by atoms with van der Waals surface area (Å²) in [4.78, 5) is 26.3. The summed E-state index contributed by atoms with van der Waals surface area (Å²) in [6.07, 6.45) is 0.976. The van der Waals surface area contributed by atoms with Crippen molar-refractivity contribution < 1.29 is 9.53 Å². The van der Waals surface area contributed by atoms with Gasteiger partial charge in [0, 0.05) is 29.5 Å². The molecule has 0 spiro atoms. The molecule has 0 atom stereocenters. The van der Waals surface area contributed by atoms with Crippen molar-refractivity contribution in [3.8, 4) is 5.75 Å². The Morgan fingerprint density at radius 2 is 1.76 bits per heavy atom. The molecule has 0 radical (unpaired) electrons. The van der Waals surface area contributed by atoms with Gasteiger partial charge in [-0.1, -0.05) is 31.2 Å². The van der Waals surface area contributed by atoms with Gasteiger partial charge in [-0.15, -0.1) is 0 Å². The quantitative estimate of drug-likeness (QED) is 0.386. The van der Waals surface area contributed by atoms with E-state index in [1.54, 1.807) is 13.2 Å². The van der Waals surface area contributed by atoms with Gasteiger partial charge in [-0.05, 0) is 72.3 Å². The average Bonchev–Trinajstić information content (AvgIpc) is 2.84. The van der Waals surface area contributed by atoms with Crippen molar-refractivity contribution in [2.45, 2.75) is 33.4 Å². The third kappa shape index (κ3) is 5.29. The highest BCUT2D eigenvalue weighted by molar-refractivity contribution is 5.92. The number of carbonyl (C=O) groups excluding carboxylic acids is 1. The summed E-state index contributed by atoms with van der Waals surface area (Å²) in [6, 6.07) is 23.2. The lowest BCUT2D eigenvalue weighted by atomic mass is 10.1. The summed E-state index contributed by atoms with van der Waals surface area (Å²) in [7, 11) is 1.58. The standard InChI is InChI=1S/C28H29N3O3/c1-4-20-8-11-23(12-9-20)29-17-22-15-21-10-13-25(34-3)16-26(21)31(28(22)33)18-27(32)30-24-7-5-6-19(2)14-24/h5-16,29H,4,17-18H2,1-3H3,(H,30,32). The number of benzene rings is 3. The minimum absolute atomic E-state index is 0.102. The first-order valence-corrected chi connectivity index (χ1v) is 11.4. The monoisotopic (exact) mass is 455 g/mol. The van der Waals surface area contributed by atoms with E-state index < -0.39 is 0 Å². The number of pyridine rings is 1. The van der Waals surface area contributed by atoms with E-state index >= 15 is 0 Å². The van der Waals surface area contributed by atoms with Gasteiger partial charge in [0.15, 0.2) is 0 Å². The van der Waals surface area contributed by atoms with Gasteiger partial charge in [-0.25, -0.2) is 0 Å². The molecular formula is C28H29N3O3. The Kier molecular flexibility index (Phi) is 6.97. The number of nitrogens with one attached hydrogen (secondary N) is 2. The van der Waals surface area contributed by atoms with Crippen LogP contribution in [0, 0.1) is 6.92 Å². The molecule has 0 aliphatic heterocycles. The first-order chi connectivity index (χ1) is 16.5. The highest BCUT2D eigenvalue weighted by Gasteiger charge is 2.14. The third-order valence-electron chi connectivity index (χ3n) is 5.83. The van der Waals surface area contributed by atoms with Gasteiger partial charge in [0.2, 0.25) is 5.91 Å².